The topological polar surface area (TPSA) is 574 Å². The Morgan fingerprint density at radius 2 is 1.34 bits per heavy atom. The van der Waals surface area contributed by atoms with E-state index in [9.17, 15) is 78.3 Å². The quantitative estimate of drug-likeness (QED) is 0.0455. The van der Waals surface area contributed by atoms with Gasteiger partial charge in [0, 0.05) is 74.1 Å². The number of anilines is 1. The Kier molecular flexibility index (Phi) is 29.6. The van der Waals surface area contributed by atoms with Crippen LogP contribution in [0.5, 0.6) is 51.7 Å². The van der Waals surface area contributed by atoms with Gasteiger partial charge in [-0.1, -0.05) is 55.2 Å². The van der Waals surface area contributed by atoms with E-state index in [2.05, 4.69) is 68.4 Å². The molecule has 8 aliphatic rings. The Morgan fingerprint density at radius 3 is 1.95 bits per heavy atom. The molecule has 45 heteroatoms. The number of halogens is 5. The molecule has 22 N–H and O–H groups in total. The number of amides is 10. The highest BCUT2D eigenvalue weighted by atomic mass is 35.5. The molecule has 8 heterocycles. The number of primary amides is 1. The first-order valence-corrected chi connectivity index (χ1v) is 40.4. The molecule has 6 aromatic carbocycles. The summed E-state index contributed by atoms with van der Waals surface area (Å²) >= 11 is 14.3. The van der Waals surface area contributed by atoms with E-state index in [1.807, 2.05) is 13.8 Å². The molecule has 40 nitrogen and oxygen atoms in total. The lowest BCUT2D eigenvalue weighted by Gasteiger charge is -2.48. The summed E-state index contributed by atoms with van der Waals surface area (Å²) in [6.45, 7) is 7.94. The Bertz CT molecular complexity index is 5060. The number of hydroxylamine groups is 1. The van der Waals surface area contributed by atoms with Crippen molar-refractivity contribution in [2.75, 3.05) is 65.3 Å². The average Bonchev–Trinajstić information content (AvgIpc) is 0.764. The highest BCUT2D eigenvalue weighted by molar-refractivity contribution is 6.32. The number of carbonyl (C=O) groups excluding carboxylic acids is 9. The number of alkyl halides is 3. The second-order valence-corrected chi connectivity index (χ2v) is 32.2. The van der Waals surface area contributed by atoms with Crippen LogP contribution in [-0.4, -0.2) is 254 Å². The summed E-state index contributed by atoms with van der Waals surface area (Å²) in [5.74, 6) is -15.9. The number of aliphatic hydroxyl groups excluding tert-OH is 6. The standard InChI is InChI=1S/C81H95Cl2F3N14O26/c1-34(2)23-47(88-5)71(111)95-62-64(106)37-8-15-51(45(82)25-37)121-53-27-39-28-54(68(53)125-78-69(67(109)66(108)55(33-101)123-78)124-57-32-80(4,70(110)35(3)120-57)89-17-18-99-19-21-100(22-20-99)97-79(118)90-40-10-12-42(13-11-40)126-81(84,85)86)122-52-16-9-38(26-46(52)83)65(107)63-76(116)94-61(77(117)98-119-6)44-29-41(102)30-50(104)58(44)43-24-36(7-14-49(43)103)59(73(113)96-63)93-74(114)60(39)92-72(112)48(31-56(87)105)91-75(62)115/h7-16,24-30,34-35,47-48,55,57,59-67,69-70,78,88-89,101-104,106-110H,17-23,31-33H2,1-6H3,(H2,87,105)(H,91,115)(H,92,112)(H,93,114)(H,94,116)(H,95,111)(H,96,113)(H,98,117)(H2,90,97,118). The smallest absolute Gasteiger partial charge is 0.508 e. The van der Waals surface area contributed by atoms with Gasteiger partial charge in [-0.3, -0.25) is 53.5 Å². The number of likely N-dealkylation sites (N-methyl/N-ethyl adjacent to an activating group) is 1. The number of aliphatic hydroxyl groups is 6. The van der Waals surface area contributed by atoms with Crippen molar-refractivity contribution in [2.45, 2.75) is 163 Å². The SMILES string of the molecule is CNC(CC(C)C)C(=O)NC1C(=O)NC(CC(N)=O)C(=O)NC2C(=O)NC3C(=O)NC(C(=O)NC(C(=O)NOC)c4cc(O)cc(O)c4-c4cc3ccc4O)C(O)c3ccc(c(Cl)c3)Oc3cc2cc(c3OC2OC(CO)C(O)C(O)C2OC2CC(C)(NCCN3CCN(NC(=O)Nc4ccc(OC(F)(F)F)cc4)CC3)C(O)C(C)O2)Oc2ccc(cc2Cl)C1O. The first kappa shape index (κ1) is 93.9. The third-order valence-electron chi connectivity index (χ3n) is 21.9. The van der Waals surface area contributed by atoms with Crippen molar-refractivity contribution < 1.29 is 140 Å². The second kappa shape index (κ2) is 39.7. The van der Waals surface area contributed by atoms with Gasteiger partial charge in [0.15, 0.2) is 23.9 Å². The van der Waals surface area contributed by atoms with Crippen LogP contribution in [0.25, 0.3) is 11.1 Å². The molecule has 3 saturated heterocycles. The van der Waals surface area contributed by atoms with E-state index in [0.29, 0.717) is 32.7 Å². The van der Waals surface area contributed by atoms with Crippen LogP contribution in [0, 0.1) is 5.92 Å². The summed E-state index contributed by atoms with van der Waals surface area (Å²) in [5.41, 5.74) is 6.80. The van der Waals surface area contributed by atoms with Crippen LogP contribution in [0.1, 0.15) is 105 Å². The van der Waals surface area contributed by atoms with Gasteiger partial charge in [0.25, 0.3) is 5.91 Å². The number of hydrogen-bond acceptors (Lipinski definition) is 30. The maximum atomic E-state index is 16.3. The molecule has 14 rings (SSSR count). The number of nitrogens with zero attached hydrogens (tertiary/aromatic N) is 2. The van der Waals surface area contributed by atoms with Gasteiger partial charge >= 0.3 is 12.4 Å². The molecule has 8 aliphatic heterocycles. The number of aromatic hydroxyl groups is 3. The van der Waals surface area contributed by atoms with Gasteiger partial charge in [0.05, 0.1) is 48.4 Å². The number of phenolic OH excluding ortho intramolecular Hbond substituents is 3. The second-order valence-electron chi connectivity index (χ2n) is 31.4. The number of ether oxygens (including phenoxy) is 7. The van der Waals surface area contributed by atoms with E-state index < -0.39 is 260 Å². The molecule has 6 aromatic rings. The van der Waals surface area contributed by atoms with Crippen molar-refractivity contribution in [3.8, 4) is 62.9 Å². The zero-order valence-corrected chi connectivity index (χ0v) is 69.6. The van der Waals surface area contributed by atoms with Gasteiger partial charge in [-0.2, -0.15) is 0 Å². The van der Waals surface area contributed by atoms with Crippen molar-refractivity contribution in [3.63, 3.8) is 0 Å². The summed E-state index contributed by atoms with van der Waals surface area (Å²) in [5, 5.41) is 131. The third-order valence-corrected chi connectivity index (χ3v) is 22.5. The Balaban J connectivity index is 0.959. The van der Waals surface area contributed by atoms with Gasteiger partial charge in [-0.25, -0.2) is 15.3 Å². The Hall–Kier alpha value is -11.2. The monoisotopic (exact) mass is 1810 g/mol. The predicted molar refractivity (Wildman–Crippen MR) is 434 cm³/mol. The van der Waals surface area contributed by atoms with E-state index in [1.54, 1.807) is 11.9 Å². The van der Waals surface area contributed by atoms with Gasteiger partial charge in [0.1, 0.15) is 101 Å². The molecule has 126 heavy (non-hydrogen) atoms. The maximum Gasteiger partial charge on any atom is 0.573 e. The summed E-state index contributed by atoms with van der Waals surface area (Å²) < 4.78 is 81.6. The number of hydrazine groups is 1. The van der Waals surface area contributed by atoms with E-state index >= 15 is 24.0 Å². The number of piperazine rings is 1. The number of rotatable bonds is 21. The molecule has 0 radical (unpaired) electrons. The van der Waals surface area contributed by atoms with Gasteiger partial charge < -0.3 is 133 Å². The molecular weight excluding hydrogens is 1710 g/mol. The van der Waals surface area contributed by atoms with Gasteiger partial charge in [-0.15, -0.1) is 13.2 Å². The lowest BCUT2D eigenvalue weighted by Crippen LogP contribution is -2.66. The molecule has 10 amide bonds. The molecule has 18 unspecified atom stereocenters. The van der Waals surface area contributed by atoms with Crippen LogP contribution < -0.4 is 83.4 Å². The maximum absolute atomic E-state index is 16.3. The lowest BCUT2D eigenvalue weighted by atomic mass is 9.85. The number of carbonyl (C=O) groups is 9. The van der Waals surface area contributed by atoms with Crippen molar-refractivity contribution in [1.82, 2.24) is 63.3 Å². The number of urea groups is 1. The zero-order chi connectivity index (χ0) is 91.2. The first-order chi connectivity index (χ1) is 59.7. The van der Waals surface area contributed by atoms with Gasteiger partial charge in [0.2, 0.25) is 53.4 Å². The fourth-order valence-corrected chi connectivity index (χ4v) is 15.9. The molecule has 18 atom stereocenters. The molecular formula is C81H95Cl2F3N14O26. The van der Waals surface area contributed by atoms with Crippen molar-refractivity contribution in [2.24, 2.45) is 11.7 Å². The fraction of sp³-hybridized carbons (Fsp3) is 0.444. The Labute approximate surface area is 726 Å². The summed E-state index contributed by atoms with van der Waals surface area (Å²) in [6, 6.07) is 3.48. The average molecular weight is 1810 g/mol. The van der Waals surface area contributed by atoms with Crippen molar-refractivity contribution in [1.29, 1.82) is 0 Å². The minimum absolute atomic E-state index is 0.123. The molecule has 3 fully saturated rings. The van der Waals surface area contributed by atoms with Crippen LogP contribution in [-0.2, 0) is 57.4 Å². The molecule has 680 valence electrons. The molecule has 0 spiro atoms. The summed E-state index contributed by atoms with van der Waals surface area (Å²) in [7, 11) is 2.50. The minimum atomic E-state index is -4.91. The summed E-state index contributed by atoms with van der Waals surface area (Å²) in [4.78, 5) is 139. The third kappa shape index (κ3) is 21.9. The molecule has 0 aromatic heterocycles. The summed E-state index contributed by atoms with van der Waals surface area (Å²) in [6.07, 6.45) is -24.0. The number of nitrogens with two attached hydrogens (primary N) is 1. The lowest BCUT2D eigenvalue weighted by molar-refractivity contribution is -0.334. The van der Waals surface area contributed by atoms with Crippen molar-refractivity contribution >= 4 is 82.2 Å². The van der Waals surface area contributed by atoms with E-state index in [-0.39, 0.29) is 53.4 Å². The number of fused-ring (bicyclic) bond motifs is 15. The fourth-order valence-electron chi connectivity index (χ4n) is 15.4. The van der Waals surface area contributed by atoms with Crippen LogP contribution in [0.4, 0.5) is 23.7 Å². The van der Waals surface area contributed by atoms with Crippen LogP contribution in [0.2, 0.25) is 10.0 Å². The number of benzene rings is 6. The predicted octanol–water partition coefficient (Wildman–Crippen LogP) is 1.58. The Morgan fingerprint density at radius 1 is 0.714 bits per heavy atom. The first-order valence-electron chi connectivity index (χ1n) is 39.6. The number of nitrogens with one attached hydrogen (secondary N) is 11. The van der Waals surface area contributed by atoms with Crippen LogP contribution in [0.15, 0.2) is 103 Å². The van der Waals surface area contributed by atoms with Gasteiger partial charge in [-0.05, 0) is 140 Å². The highest BCUT2D eigenvalue weighted by Crippen LogP contribution is 2.50. The van der Waals surface area contributed by atoms with Crippen LogP contribution >= 0.6 is 23.2 Å². The largest absolute Gasteiger partial charge is 0.573 e. The number of phenols is 3. The zero-order valence-electron chi connectivity index (χ0n) is 68.1. The molecule has 0 aliphatic carbocycles. The van der Waals surface area contributed by atoms with Crippen molar-refractivity contribution in [3.05, 3.63) is 141 Å². The number of hydrogen-bond donors (Lipinski definition) is 21. The van der Waals surface area contributed by atoms with E-state index in [1.165, 1.54) is 38.2 Å². The minimum Gasteiger partial charge on any atom is -0.508 e. The van der Waals surface area contributed by atoms with E-state index in [4.69, 9.17) is 62.2 Å². The van der Waals surface area contributed by atoms with Crippen LogP contribution in [0.3, 0.4) is 0 Å². The molecule has 0 saturated carbocycles. The highest BCUT2D eigenvalue weighted by Gasteiger charge is 2.53. The normalized spacial score (nSPS) is 27.0. The van der Waals surface area contributed by atoms with E-state index in [0.717, 1.165) is 86.0 Å². The molecule has 11 bridgehead atoms.